The van der Waals surface area contributed by atoms with Crippen molar-refractivity contribution in [3.05, 3.63) is 23.8 Å². The van der Waals surface area contributed by atoms with E-state index in [9.17, 15) is 9.00 Å². The van der Waals surface area contributed by atoms with Crippen molar-refractivity contribution in [2.24, 2.45) is 0 Å². The lowest BCUT2D eigenvalue weighted by Crippen LogP contribution is -2.40. The Morgan fingerprint density at radius 3 is 2.92 bits per heavy atom. The van der Waals surface area contributed by atoms with Crippen molar-refractivity contribution in [1.82, 2.24) is 4.90 Å². The van der Waals surface area contributed by atoms with Crippen LogP contribution < -0.4 is 10.1 Å². The molecule has 1 N–H and O–H groups in total. The summed E-state index contributed by atoms with van der Waals surface area (Å²) in [6.45, 7) is 5.50. The standard InChI is InChI=1S/C19H26N2O3S/c1-19(2)9-7-13-11-14(3-6-17(13)24-19)20-18(22)21-10-8-15-4-5-16(12-21)25(15)23/h3,6,11,15-16H,4-5,7-10,12H2,1-2H3,(H,20,22). The Kier molecular flexibility index (Phi) is 4.26. The highest BCUT2D eigenvalue weighted by molar-refractivity contribution is 7.86. The fourth-order valence-corrected chi connectivity index (χ4v) is 6.01. The predicted molar refractivity (Wildman–Crippen MR) is 99.6 cm³/mol. The number of ether oxygens (including phenoxy) is 1. The largest absolute Gasteiger partial charge is 0.488 e. The molecular formula is C19H26N2O3S. The minimum atomic E-state index is -0.767. The lowest BCUT2D eigenvalue weighted by molar-refractivity contribution is 0.0847. The van der Waals surface area contributed by atoms with Gasteiger partial charge in [0.15, 0.2) is 0 Å². The molecule has 4 rings (SSSR count). The summed E-state index contributed by atoms with van der Waals surface area (Å²) in [5, 5.41) is 3.45. The fourth-order valence-electron chi connectivity index (χ4n) is 4.06. The van der Waals surface area contributed by atoms with Crippen LogP contribution in [0.25, 0.3) is 0 Å². The van der Waals surface area contributed by atoms with Crippen LogP contribution in [0.5, 0.6) is 5.75 Å². The molecule has 0 aliphatic carbocycles. The zero-order valence-corrected chi connectivity index (χ0v) is 15.7. The number of nitrogens with zero attached hydrogens (tertiary/aromatic N) is 1. The van der Waals surface area contributed by atoms with Crippen molar-refractivity contribution in [2.45, 2.75) is 62.1 Å². The van der Waals surface area contributed by atoms with Crippen molar-refractivity contribution in [3.63, 3.8) is 0 Å². The number of aryl methyl sites for hydroxylation is 1. The normalized spacial score (nSPS) is 30.2. The molecule has 3 heterocycles. The molecule has 2 bridgehead atoms. The lowest BCUT2D eigenvalue weighted by Gasteiger charge is -2.32. The first-order valence-corrected chi connectivity index (χ1v) is 10.5. The number of hydrogen-bond acceptors (Lipinski definition) is 3. The average molecular weight is 362 g/mol. The topological polar surface area (TPSA) is 58.6 Å². The maximum absolute atomic E-state index is 12.7. The molecule has 3 atom stereocenters. The van der Waals surface area contributed by atoms with Gasteiger partial charge in [-0.25, -0.2) is 4.79 Å². The third-order valence-electron chi connectivity index (χ3n) is 5.59. The van der Waals surface area contributed by atoms with Crippen molar-refractivity contribution < 1.29 is 13.7 Å². The van der Waals surface area contributed by atoms with Crippen LogP contribution in [0, 0.1) is 0 Å². The van der Waals surface area contributed by atoms with E-state index in [4.69, 9.17) is 4.74 Å². The first-order valence-electron chi connectivity index (χ1n) is 9.18. The van der Waals surface area contributed by atoms with Crippen LogP contribution >= 0.6 is 0 Å². The van der Waals surface area contributed by atoms with E-state index in [1.54, 1.807) is 0 Å². The molecule has 0 aromatic heterocycles. The fraction of sp³-hybridized carbons (Fsp3) is 0.632. The van der Waals surface area contributed by atoms with Crippen LogP contribution in [0.3, 0.4) is 0 Å². The van der Waals surface area contributed by atoms with Gasteiger partial charge in [0.2, 0.25) is 0 Å². The second kappa shape index (κ2) is 6.31. The minimum Gasteiger partial charge on any atom is -0.488 e. The molecule has 25 heavy (non-hydrogen) atoms. The summed E-state index contributed by atoms with van der Waals surface area (Å²) in [4.78, 5) is 14.5. The molecule has 0 saturated carbocycles. The van der Waals surface area contributed by atoms with Gasteiger partial charge in [-0.15, -0.1) is 0 Å². The second-order valence-corrected chi connectivity index (χ2v) is 9.99. The molecule has 0 spiro atoms. The Balaban J connectivity index is 1.44. The van der Waals surface area contributed by atoms with Gasteiger partial charge in [0.05, 0.1) is 5.25 Å². The molecule has 3 aliphatic rings. The Hall–Kier alpha value is -1.56. The molecule has 0 radical (unpaired) electrons. The summed E-state index contributed by atoms with van der Waals surface area (Å²) in [6, 6.07) is 5.79. The smallest absolute Gasteiger partial charge is 0.321 e. The summed E-state index contributed by atoms with van der Waals surface area (Å²) < 4.78 is 18.3. The summed E-state index contributed by atoms with van der Waals surface area (Å²) in [5.41, 5.74) is 1.83. The number of fused-ring (bicyclic) bond motifs is 3. The number of benzene rings is 1. The van der Waals surface area contributed by atoms with E-state index in [0.717, 1.165) is 49.1 Å². The number of carbonyl (C=O) groups excluding carboxylic acids is 1. The van der Waals surface area contributed by atoms with Gasteiger partial charge in [0.1, 0.15) is 11.4 Å². The Morgan fingerprint density at radius 2 is 2.08 bits per heavy atom. The molecule has 6 heteroatoms. The number of nitrogens with one attached hydrogen (secondary N) is 1. The van der Waals surface area contributed by atoms with E-state index < -0.39 is 10.8 Å². The number of likely N-dealkylation sites (tertiary alicyclic amines) is 1. The average Bonchev–Trinajstić information content (AvgIpc) is 2.79. The SMILES string of the molecule is CC1(C)CCc2cc(NC(=O)N3CCC4CCC(C3)S4=O)ccc2O1. The Morgan fingerprint density at radius 1 is 1.28 bits per heavy atom. The highest BCUT2D eigenvalue weighted by atomic mass is 32.2. The van der Waals surface area contributed by atoms with Gasteiger partial charge in [0, 0.05) is 34.8 Å². The third kappa shape index (κ3) is 3.41. The van der Waals surface area contributed by atoms with E-state index in [2.05, 4.69) is 19.2 Å². The number of anilines is 1. The molecule has 2 fully saturated rings. The molecule has 3 unspecified atom stereocenters. The van der Waals surface area contributed by atoms with E-state index in [1.165, 1.54) is 0 Å². The monoisotopic (exact) mass is 362 g/mol. The van der Waals surface area contributed by atoms with Crippen LogP contribution in [-0.4, -0.2) is 44.3 Å². The molecule has 2 amide bonds. The van der Waals surface area contributed by atoms with Crippen LogP contribution in [-0.2, 0) is 17.2 Å². The predicted octanol–water partition coefficient (Wildman–Crippen LogP) is 3.31. The van der Waals surface area contributed by atoms with Gasteiger partial charge in [-0.2, -0.15) is 0 Å². The summed E-state index contributed by atoms with van der Waals surface area (Å²) in [7, 11) is -0.767. The molecule has 5 nitrogen and oxygen atoms in total. The van der Waals surface area contributed by atoms with Crippen LogP contribution in [0.2, 0.25) is 0 Å². The zero-order valence-electron chi connectivity index (χ0n) is 14.9. The van der Waals surface area contributed by atoms with Crippen LogP contribution in [0.4, 0.5) is 10.5 Å². The molecule has 136 valence electrons. The van der Waals surface area contributed by atoms with Crippen molar-refractivity contribution in [3.8, 4) is 5.75 Å². The highest BCUT2D eigenvalue weighted by Crippen LogP contribution is 2.35. The number of rotatable bonds is 1. The molecule has 3 aliphatic heterocycles. The van der Waals surface area contributed by atoms with Crippen molar-refractivity contribution >= 4 is 22.5 Å². The van der Waals surface area contributed by atoms with Gasteiger partial charge < -0.3 is 15.0 Å². The lowest BCUT2D eigenvalue weighted by atomic mass is 9.94. The molecule has 1 aromatic rings. The quantitative estimate of drug-likeness (QED) is 0.834. The van der Waals surface area contributed by atoms with Crippen LogP contribution in [0.15, 0.2) is 18.2 Å². The zero-order chi connectivity index (χ0) is 17.6. The Bertz CT molecular complexity index is 719. The number of carbonyl (C=O) groups is 1. The van der Waals surface area contributed by atoms with Crippen LogP contribution in [0.1, 0.15) is 45.1 Å². The van der Waals surface area contributed by atoms with E-state index in [-0.39, 0.29) is 22.1 Å². The summed E-state index contributed by atoms with van der Waals surface area (Å²) in [6.07, 6.45) is 4.81. The maximum atomic E-state index is 12.7. The Labute approximate surface area is 151 Å². The first kappa shape index (κ1) is 16.9. The molecular weight excluding hydrogens is 336 g/mol. The molecule has 2 saturated heterocycles. The van der Waals surface area contributed by atoms with Gasteiger partial charge in [-0.05, 0) is 69.7 Å². The van der Waals surface area contributed by atoms with E-state index in [0.29, 0.717) is 13.1 Å². The van der Waals surface area contributed by atoms with Gasteiger partial charge in [-0.1, -0.05) is 0 Å². The van der Waals surface area contributed by atoms with Crippen molar-refractivity contribution in [2.75, 3.05) is 18.4 Å². The van der Waals surface area contributed by atoms with Crippen molar-refractivity contribution in [1.29, 1.82) is 0 Å². The van der Waals surface area contributed by atoms with E-state index >= 15 is 0 Å². The molecule has 1 aromatic carbocycles. The van der Waals surface area contributed by atoms with Gasteiger partial charge >= 0.3 is 6.03 Å². The second-order valence-electron chi connectivity index (χ2n) is 8.00. The summed E-state index contributed by atoms with van der Waals surface area (Å²) >= 11 is 0. The van der Waals surface area contributed by atoms with Gasteiger partial charge in [0.25, 0.3) is 0 Å². The number of amides is 2. The van der Waals surface area contributed by atoms with E-state index in [1.807, 2.05) is 23.1 Å². The first-order chi connectivity index (χ1) is 11.9. The summed E-state index contributed by atoms with van der Waals surface area (Å²) in [5.74, 6) is 0.914. The number of hydrogen-bond donors (Lipinski definition) is 1. The minimum absolute atomic E-state index is 0.0819. The van der Waals surface area contributed by atoms with Gasteiger partial charge in [-0.3, -0.25) is 4.21 Å². The maximum Gasteiger partial charge on any atom is 0.321 e. The number of urea groups is 1. The highest BCUT2D eigenvalue weighted by Gasteiger charge is 2.38. The third-order valence-corrected chi connectivity index (χ3v) is 7.76.